The van der Waals surface area contributed by atoms with Crippen LogP contribution in [0, 0.1) is 0 Å². The molecule has 1 rings (SSSR count). The van der Waals surface area contributed by atoms with Crippen LogP contribution in [0.3, 0.4) is 0 Å². The molecule has 0 bridgehead atoms. The maximum Gasteiger partial charge on any atom is 0.224 e. The largest absolute Gasteiger partial charge is 0.396 e. The Hall–Kier alpha value is -1.01. The van der Waals surface area contributed by atoms with Crippen molar-refractivity contribution in [2.45, 2.75) is 6.42 Å². The first-order valence-electron chi connectivity index (χ1n) is 4.84. The number of aromatic nitrogens is 2. The summed E-state index contributed by atoms with van der Waals surface area (Å²) in [6.07, 6.45) is 2.48. The molecule has 0 aliphatic carbocycles. The van der Waals surface area contributed by atoms with Gasteiger partial charge in [0.05, 0.1) is 0 Å². The molecule has 0 spiro atoms. The molecule has 0 unspecified atom stereocenters. The molecular formula is C9H16N4OS. The Morgan fingerprint density at radius 2 is 2.33 bits per heavy atom. The highest BCUT2D eigenvalue weighted by Gasteiger charge is 1.95. The van der Waals surface area contributed by atoms with Gasteiger partial charge in [0.15, 0.2) is 0 Å². The molecule has 0 saturated heterocycles. The van der Waals surface area contributed by atoms with Crippen molar-refractivity contribution in [2.24, 2.45) is 0 Å². The van der Waals surface area contributed by atoms with Crippen LogP contribution in [0.1, 0.15) is 6.42 Å². The zero-order valence-electron chi connectivity index (χ0n) is 8.52. The van der Waals surface area contributed by atoms with Crippen molar-refractivity contribution in [3.63, 3.8) is 0 Å². The van der Waals surface area contributed by atoms with Gasteiger partial charge in [-0.1, -0.05) is 0 Å². The fourth-order valence-electron chi connectivity index (χ4n) is 0.962. The second-order valence-corrected chi connectivity index (χ2v) is 4.15. The minimum absolute atomic E-state index is 0.263. The molecule has 84 valence electrons. The van der Waals surface area contributed by atoms with Gasteiger partial charge in [-0.15, -0.1) is 0 Å². The van der Waals surface area contributed by atoms with E-state index >= 15 is 0 Å². The Bertz CT molecular complexity index is 285. The molecule has 4 N–H and O–H groups in total. The topological polar surface area (TPSA) is 84.1 Å². The van der Waals surface area contributed by atoms with Gasteiger partial charge in [0.1, 0.15) is 5.82 Å². The molecule has 0 fully saturated rings. The van der Waals surface area contributed by atoms with Crippen molar-refractivity contribution in [1.29, 1.82) is 0 Å². The van der Waals surface area contributed by atoms with Crippen LogP contribution in [0.25, 0.3) is 0 Å². The van der Waals surface area contributed by atoms with E-state index in [1.807, 2.05) is 0 Å². The molecule has 0 aromatic carbocycles. The van der Waals surface area contributed by atoms with Gasteiger partial charge in [-0.05, 0) is 18.2 Å². The lowest BCUT2D eigenvalue weighted by Gasteiger charge is -2.04. The molecule has 1 heterocycles. The van der Waals surface area contributed by atoms with Gasteiger partial charge < -0.3 is 16.2 Å². The van der Waals surface area contributed by atoms with E-state index in [4.69, 9.17) is 10.8 Å². The van der Waals surface area contributed by atoms with Gasteiger partial charge in [-0.2, -0.15) is 16.7 Å². The highest BCUT2D eigenvalue weighted by atomic mass is 32.2. The van der Waals surface area contributed by atoms with Gasteiger partial charge in [-0.25, -0.2) is 4.98 Å². The summed E-state index contributed by atoms with van der Waals surface area (Å²) in [6.45, 7) is 1.07. The molecule has 15 heavy (non-hydrogen) atoms. The van der Waals surface area contributed by atoms with Gasteiger partial charge >= 0.3 is 0 Å². The summed E-state index contributed by atoms with van der Waals surface area (Å²) in [5.74, 6) is 2.99. The van der Waals surface area contributed by atoms with Crippen LogP contribution in [0.15, 0.2) is 12.3 Å². The van der Waals surface area contributed by atoms with E-state index in [-0.39, 0.29) is 6.61 Å². The third-order valence-electron chi connectivity index (χ3n) is 1.65. The lowest BCUT2D eigenvalue weighted by atomic mass is 10.5. The van der Waals surface area contributed by atoms with E-state index in [9.17, 15) is 0 Å². The Labute approximate surface area is 93.5 Å². The van der Waals surface area contributed by atoms with Crippen LogP contribution in [0.2, 0.25) is 0 Å². The second kappa shape index (κ2) is 7.30. The first-order valence-corrected chi connectivity index (χ1v) is 5.99. The van der Waals surface area contributed by atoms with Crippen molar-refractivity contribution in [2.75, 3.05) is 35.7 Å². The second-order valence-electron chi connectivity index (χ2n) is 2.92. The van der Waals surface area contributed by atoms with E-state index in [1.54, 1.807) is 24.0 Å². The highest BCUT2D eigenvalue weighted by molar-refractivity contribution is 7.99. The van der Waals surface area contributed by atoms with Crippen molar-refractivity contribution in [3.8, 4) is 0 Å². The Kier molecular flexibility index (Phi) is 5.87. The molecule has 0 amide bonds. The number of aliphatic hydroxyl groups excluding tert-OH is 1. The highest BCUT2D eigenvalue weighted by Crippen LogP contribution is 2.04. The van der Waals surface area contributed by atoms with Crippen LogP contribution in [0.4, 0.5) is 11.8 Å². The van der Waals surface area contributed by atoms with Gasteiger partial charge in [0.25, 0.3) is 0 Å². The summed E-state index contributed by atoms with van der Waals surface area (Å²) >= 11 is 1.79. The molecule has 0 atom stereocenters. The lowest BCUT2D eigenvalue weighted by molar-refractivity contribution is 0.296. The fourth-order valence-corrected chi connectivity index (χ4v) is 1.75. The van der Waals surface area contributed by atoms with Crippen LogP contribution >= 0.6 is 11.8 Å². The van der Waals surface area contributed by atoms with Crippen LogP contribution in [-0.4, -0.2) is 39.7 Å². The number of aliphatic hydroxyl groups is 1. The number of nitrogen functional groups attached to an aromatic ring is 1. The number of hydrogen-bond acceptors (Lipinski definition) is 6. The third kappa shape index (κ3) is 5.44. The molecule has 5 nitrogen and oxygen atoms in total. The molecule has 1 aromatic rings. The number of thioether (sulfide) groups is 1. The summed E-state index contributed by atoms with van der Waals surface area (Å²) in [7, 11) is 0. The van der Waals surface area contributed by atoms with E-state index in [0.717, 1.165) is 24.5 Å². The number of rotatable bonds is 7. The minimum Gasteiger partial charge on any atom is -0.396 e. The molecule has 0 aliphatic heterocycles. The zero-order valence-corrected chi connectivity index (χ0v) is 9.33. The predicted molar refractivity (Wildman–Crippen MR) is 64.0 cm³/mol. The van der Waals surface area contributed by atoms with Crippen LogP contribution in [0.5, 0.6) is 0 Å². The summed E-state index contributed by atoms with van der Waals surface area (Å²) in [4.78, 5) is 8.04. The minimum atomic E-state index is 0.263. The van der Waals surface area contributed by atoms with Crippen molar-refractivity contribution in [1.82, 2.24) is 9.97 Å². The van der Waals surface area contributed by atoms with Gasteiger partial charge in [-0.3, -0.25) is 0 Å². The van der Waals surface area contributed by atoms with Crippen molar-refractivity contribution in [3.05, 3.63) is 12.3 Å². The lowest BCUT2D eigenvalue weighted by Crippen LogP contribution is -2.08. The fraction of sp³-hybridized carbons (Fsp3) is 0.556. The van der Waals surface area contributed by atoms with E-state index in [0.29, 0.717) is 11.8 Å². The quantitative estimate of drug-likeness (QED) is 0.592. The van der Waals surface area contributed by atoms with Crippen LogP contribution in [-0.2, 0) is 0 Å². The Morgan fingerprint density at radius 1 is 1.47 bits per heavy atom. The van der Waals surface area contributed by atoms with E-state index in [2.05, 4.69) is 15.3 Å². The molecule has 1 aromatic heterocycles. The smallest absolute Gasteiger partial charge is 0.224 e. The predicted octanol–water partition coefficient (Wildman–Crippen LogP) is 0.586. The normalized spacial score (nSPS) is 10.2. The number of hydrogen-bond donors (Lipinski definition) is 3. The monoisotopic (exact) mass is 228 g/mol. The summed E-state index contributed by atoms with van der Waals surface area (Å²) in [5.41, 5.74) is 5.50. The van der Waals surface area contributed by atoms with Crippen molar-refractivity contribution >= 4 is 23.5 Å². The van der Waals surface area contributed by atoms with Gasteiger partial charge in [0, 0.05) is 25.1 Å². The summed E-state index contributed by atoms with van der Waals surface area (Å²) in [5, 5.41) is 11.6. The standard InChI is InChI=1S/C9H16N4OS/c10-8-2-3-11-9(13-8)12-4-7-15-6-1-5-14/h2-3,14H,1,4-7H2,(H3,10,11,12,13). The molecule has 6 heteroatoms. The maximum absolute atomic E-state index is 8.57. The average Bonchev–Trinajstić information content (AvgIpc) is 2.23. The van der Waals surface area contributed by atoms with Crippen LogP contribution < -0.4 is 11.1 Å². The number of nitrogens with zero attached hydrogens (tertiary/aromatic N) is 2. The number of nitrogens with two attached hydrogens (primary N) is 1. The average molecular weight is 228 g/mol. The first-order chi connectivity index (χ1) is 7.33. The third-order valence-corrected chi connectivity index (χ3v) is 2.72. The maximum atomic E-state index is 8.57. The summed E-state index contributed by atoms with van der Waals surface area (Å²) < 4.78 is 0. The Balaban J connectivity index is 2.10. The summed E-state index contributed by atoms with van der Waals surface area (Å²) in [6, 6.07) is 1.65. The number of nitrogens with one attached hydrogen (secondary N) is 1. The molecule has 0 saturated carbocycles. The van der Waals surface area contributed by atoms with E-state index in [1.165, 1.54) is 0 Å². The van der Waals surface area contributed by atoms with Gasteiger partial charge in [0.2, 0.25) is 5.95 Å². The molecule has 0 aliphatic rings. The number of anilines is 2. The van der Waals surface area contributed by atoms with E-state index < -0.39 is 0 Å². The van der Waals surface area contributed by atoms with Crippen molar-refractivity contribution < 1.29 is 5.11 Å². The SMILES string of the molecule is Nc1ccnc(NCCSCCCO)n1. The Morgan fingerprint density at radius 3 is 3.07 bits per heavy atom. The first kappa shape index (κ1) is 12.1. The zero-order chi connectivity index (χ0) is 10.9. The molecular weight excluding hydrogens is 212 g/mol. The molecule has 0 radical (unpaired) electrons.